The maximum atomic E-state index is 6.47. The molecule has 5 rings (SSSR count). The molecule has 4 fully saturated rings. The fourth-order valence-electron chi connectivity index (χ4n) is 6.21. The van der Waals surface area contributed by atoms with Crippen molar-refractivity contribution in [2.75, 3.05) is 6.61 Å². The van der Waals surface area contributed by atoms with Crippen LogP contribution in [-0.2, 0) is 11.3 Å². The number of aromatic nitrogens is 3. The van der Waals surface area contributed by atoms with Gasteiger partial charge in [0, 0.05) is 6.54 Å². The molecule has 0 radical (unpaired) electrons. The molecule has 1 aromatic rings. The first-order valence-corrected chi connectivity index (χ1v) is 7.95. The van der Waals surface area contributed by atoms with Gasteiger partial charge in [-0.1, -0.05) is 13.8 Å². The molecule has 0 N–H and O–H groups in total. The van der Waals surface area contributed by atoms with Crippen LogP contribution in [0.15, 0.2) is 12.7 Å². The zero-order valence-corrected chi connectivity index (χ0v) is 12.6. The molecule has 0 spiro atoms. The van der Waals surface area contributed by atoms with E-state index < -0.39 is 0 Å². The van der Waals surface area contributed by atoms with Crippen molar-refractivity contribution in [2.45, 2.75) is 64.5 Å². The van der Waals surface area contributed by atoms with Crippen molar-refractivity contribution < 1.29 is 4.74 Å². The molecule has 4 bridgehead atoms. The standard InChI is InChI=1S/C16H25N3O/c1-14-5-13-6-15(2,8-14)10-16(7-13,9-14)20-4-3-19-11-17-18-12-19/h11-13H,3-10H2,1-2H3. The lowest BCUT2D eigenvalue weighted by molar-refractivity contribution is -0.215. The lowest BCUT2D eigenvalue weighted by Gasteiger charge is -2.65. The highest BCUT2D eigenvalue weighted by Crippen LogP contribution is 2.67. The number of hydrogen-bond acceptors (Lipinski definition) is 3. The van der Waals surface area contributed by atoms with Crippen LogP contribution in [0.2, 0.25) is 0 Å². The van der Waals surface area contributed by atoms with Crippen LogP contribution in [0.4, 0.5) is 0 Å². The summed E-state index contributed by atoms with van der Waals surface area (Å²) in [4.78, 5) is 0. The number of nitrogens with zero attached hydrogens (tertiary/aromatic N) is 3. The molecular weight excluding hydrogens is 250 g/mol. The van der Waals surface area contributed by atoms with Crippen molar-refractivity contribution in [3.8, 4) is 0 Å². The Kier molecular flexibility index (Phi) is 2.60. The molecule has 0 amide bonds. The van der Waals surface area contributed by atoms with Crippen LogP contribution in [0.1, 0.15) is 52.4 Å². The van der Waals surface area contributed by atoms with E-state index in [9.17, 15) is 0 Å². The van der Waals surface area contributed by atoms with Crippen LogP contribution >= 0.6 is 0 Å². The monoisotopic (exact) mass is 275 g/mol. The highest BCUT2D eigenvalue weighted by atomic mass is 16.5. The average molecular weight is 275 g/mol. The predicted octanol–water partition coefficient (Wildman–Crippen LogP) is 3.04. The number of ether oxygens (including phenoxy) is 1. The van der Waals surface area contributed by atoms with Gasteiger partial charge in [-0.05, 0) is 55.3 Å². The topological polar surface area (TPSA) is 39.9 Å². The Labute approximate surface area is 120 Å². The number of rotatable bonds is 4. The summed E-state index contributed by atoms with van der Waals surface area (Å²) >= 11 is 0. The third kappa shape index (κ3) is 2.09. The Bertz CT molecular complexity index is 480. The Morgan fingerprint density at radius 1 is 1.05 bits per heavy atom. The van der Waals surface area contributed by atoms with Crippen molar-refractivity contribution in [1.82, 2.24) is 14.8 Å². The summed E-state index contributed by atoms with van der Waals surface area (Å²) in [7, 11) is 0. The molecule has 0 saturated heterocycles. The van der Waals surface area contributed by atoms with Crippen LogP contribution in [0, 0.1) is 16.7 Å². The van der Waals surface area contributed by atoms with E-state index in [1.54, 1.807) is 12.7 Å². The molecule has 0 aromatic carbocycles. The van der Waals surface area contributed by atoms with E-state index in [4.69, 9.17) is 4.74 Å². The second-order valence-corrected chi connectivity index (χ2v) is 8.36. The molecular formula is C16H25N3O. The van der Waals surface area contributed by atoms with Gasteiger partial charge in [0.25, 0.3) is 0 Å². The normalized spacial score (nSPS) is 46.0. The van der Waals surface area contributed by atoms with Crippen molar-refractivity contribution in [2.24, 2.45) is 16.7 Å². The third-order valence-electron chi connectivity index (χ3n) is 5.80. The smallest absolute Gasteiger partial charge is 0.119 e. The van der Waals surface area contributed by atoms with Crippen LogP contribution < -0.4 is 0 Å². The molecule has 4 aliphatic rings. The lowest BCUT2D eigenvalue weighted by atomic mass is 9.43. The molecule has 1 heterocycles. The summed E-state index contributed by atoms with van der Waals surface area (Å²) in [5.41, 5.74) is 1.23. The molecule has 2 unspecified atom stereocenters. The van der Waals surface area contributed by atoms with Crippen LogP contribution in [0.5, 0.6) is 0 Å². The molecule has 4 aliphatic carbocycles. The molecule has 4 saturated carbocycles. The summed E-state index contributed by atoms with van der Waals surface area (Å²) in [6, 6.07) is 0. The minimum absolute atomic E-state index is 0.164. The Balaban J connectivity index is 1.47. The van der Waals surface area contributed by atoms with E-state index >= 15 is 0 Å². The molecule has 4 nitrogen and oxygen atoms in total. The SMILES string of the molecule is CC12CC3CC(C)(C1)CC(OCCn1cnnc1)(C3)C2. The first kappa shape index (κ1) is 12.8. The zero-order valence-electron chi connectivity index (χ0n) is 12.6. The second kappa shape index (κ2) is 4.06. The maximum absolute atomic E-state index is 6.47. The average Bonchev–Trinajstić information content (AvgIpc) is 2.76. The van der Waals surface area contributed by atoms with Crippen molar-refractivity contribution in [3.05, 3.63) is 12.7 Å². The van der Waals surface area contributed by atoms with Crippen LogP contribution in [0.25, 0.3) is 0 Å². The van der Waals surface area contributed by atoms with Gasteiger partial charge < -0.3 is 9.30 Å². The van der Waals surface area contributed by atoms with Gasteiger partial charge in [0.15, 0.2) is 0 Å². The van der Waals surface area contributed by atoms with Gasteiger partial charge in [0.05, 0.1) is 12.2 Å². The van der Waals surface area contributed by atoms with E-state index in [0.717, 1.165) is 19.1 Å². The third-order valence-corrected chi connectivity index (χ3v) is 5.80. The van der Waals surface area contributed by atoms with Gasteiger partial charge in [-0.2, -0.15) is 0 Å². The second-order valence-electron chi connectivity index (χ2n) is 8.36. The van der Waals surface area contributed by atoms with Crippen molar-refractivity contribution in [3.63, 3.8) is 0 Å². The summed E-state index contributed by atoms with van der Waals surface area (Å²) in [6.45, 7) is 6.64. The van der Waals surface area contributed by atoms with Gasteiger partial charge in [0.1, 0.15) is 12.7 Å². The summed E-state index contributed by atoms with van der Waals surface area (Å²) in [6.07, 6.45) is 11.6. The summed E-state index contributed by atoms with van der Waals surface area (Å²) < 4.78 is 8.47. The summed E-state index contributed by atoms with van der Waals surface area (Å²) in [5.74, 6) is 0.899. The quantitative estimate of drug-likeness (QED) is 0.848. The van der Waals surface area contributed by atoms with E-state index in [-0.39, 0.29) is 5.60 Å². The zero-order chi connectivity index (χ0) is 13.8. The van der Waals surface area contributed by atoms with Gasteiger partial charge in [0.2, 0.25) is 0 Å². The number of hydrogen-bond donors (Lipinski definition) is 0. The Morgan fingerprint density at radius 2 is 1.70 bits per heavy atom. The van der Waals surface area contributed by atoms with Gasteiger partial charge in [-0.3, -0.25) is 0 Å². The van der Waals surface area contributed by atoms with E-state index in [1.165, 1.54) is 38.5 Å². The molecule has 0 aliphatic heterocycles. The Hall–Kier alpha value is -0.900. The van der Waals surface area contributed by atoms with E-state index in [0.29, 0.717) is 10.8 Å². The van der Waals surface area contributed by atoms with Crippen molar-refractivity contribution in [1.29, 1.82) is 0 Å². The van der Waals surface area contributed by atoms with Gasteiger partial charge >= 0.3 is 0 Å². The first-order valence-electron chi connectivity index (χ1n) is 7.95. The molecule has 20 heavy (non-hydrogen) atoms. The molecule has 2 atom stereocenters. The van der Waals surface area contributed by atoms with Gasteiger partial charge in [-0.15, -0.1) is 10.2 Å². The Morgan fingerprint density at radius 3 is 2.30 bits per heavy atom. The minimum Gasteiger partial charge on any atom is -0.373 e. The molecule has 4 heteroatoms. The minimum atomic E-state index is 0.164. The fraction of sp³-hybridized carbons (Fsp3) is 0.875. The maximum Gasteiger partial charge on any atom is 0.119 e. The molecule has 110 valence electrons. The van der Waals surface area contributed by atoms with E-state index in [1.807, 2.05) is 4.57 Å². The predicted molar refractivity (Wildman–Crippen MR) is 76.1 cm³/mol. The first-order chi connectivity index (χ1) is 9.49. The highest BCUT2D eigenvalue weighted by molar-refractivity contribution is 5.11. The van der Waals surface area contributed by atoms with E-state index in [2.05, 4.69) is 24.0 Å². The van der Waals surface area contributed by atoms with Crippen LogP contribution in [0.3, 0.4) is 0 Å². The fourth-order valence-corrected chi connectivity index (χ4v) is 6.21. The van der Waals surface area contributed by atoms with Crippen LogP contribution in [-0.4, -0.2) is 27.0 Å². The summed E-state index contributed by atoms with van der Waals surface area (Å²) in [5, 5.41) is 7.69. The highest BCUT2D eigenvalue weighted by Gasteiger charge is 2.60. The van der Waals surface area contributed by atoms with Gasteiger partial charge in [-0.25, -0.2) is 0 Å². The lowest BCUT2D eigenvalue weighted by Crippen LogP contribution is -2.59. The largest absolute Gasteiger partial charge is 0.373 e. The molecule has 1 aromatic heterocycles. The van der Waals surface area contributed by atoms with Crippen molar-refractivity contribution >= 4 is 0 Å².